The van der Waals surface area contributed by atoms with Gasteiger partial charge in [0.2, 0.25) is 5.91 Å². The number of allylic oxidation sites excluding steroid dienone is 10. The average molecular weight is 925 g/mol. The van der Waals surface area contributed by atoms with Crippen LogP contribution in [0, 0.1) is 0 Å². The van der Waals surface area contributed by atoms with Crippen molar-refractivity contribution >= 4 is 11.9 Å². The first-order chi connectivity index (χ1) is 32.5. The summed E-state index contributed by atoms with van der Waals surface area (Å²) in [5.74, 6) is -0.511. The van der Waals surface area contributed by atoms with Crippen LogP contribution in [-0.4, -0.2) is 46.9 Å². The molecule has 0 saturated carbocycles. The molecule has 0 aliphatic rings. The van der Waals surface area contributed by atoms with Crippen LogP contribution in [0.15, 0.2) is 60.8 Å². The Balaban J connectivity index is 4.58. The molecule has 0 aliphatic heterocycles. The molecule has 0 aromatic rings. The third kappa shape index (κ3) is 48.0. The van der Waals surface area contributed by atoms with E-state index in [2.05, 4.69) is 86.8 Å². The number of carbonyl (C=O) groups is 2. The normalized spacial score (nSPS) is 13.6. The monoisotopic (exact) mass is 924 g/mol. The van der Waals surface area contributed by atoms with E-state index < -0.39 is 18.2 Å². The van der Waals surface area contributed by atoms with Crippen molar-refractivity contribution in [2.75, 3.05) is 6.61 Å². The molecule has 3 N–H and O–H groups in total. The summed E-state index contributed by atoms with van der Waals surface area (Å²) in [6.07, 6.45) is 67.1. The van der Waals surface area contributed by atoms with E-state index in [1.165, 1.54) is 141 Å². The largest absolute Gasteiger partial charge is 0.462 e. The summed E-state index contributed by atoms with van der Waals surface area (Å²) in [6.45, 7) is 6.45. The van der Waals surface area contributed by atoms with Gasteiger partial charge in [-0.15, -0.1) is 0 Å². The highest BCUT2D eigenvalue weighted by atomic mass is 16.5. The van der Waals surface area contributed by atoms with Gasteiger partial charge in [0.05, 0.1) is 25.2 Å². The predicted molar refractivity (Wildman–Crippen MR) is 287 cm³/mol. The van der Waals surface area contributed by atoms with Gasteiger partial charge < -0.3 is 20.3 Å². The van der Waals surface area contributed by atoms with E-state index in [0.29, 0.717) is 19.3 Å². The van der Waals surface area contributed by atoms with Crippen molar-refractivity contribution in [3.63, 3.8) is 0 Å². The molecule has 0 aliphatic carbocycles. The molecule has 1 amide bonds. The van der Waals surface area contributed by atoms with E-state index in [1.54, 1.807) is 0 Å². The highest BCUT2D eigenvalue weighted by Crippen LogP contribution is 2.18. The third-order valence-corrected chi connectivity index (χ3v) is 12.9. The van der Waals surface area contributed by atoms with E-state index in [9.17, 15) is 19.8 Å². The van der Waals surface area contributed by atoms with E-state index in [0.717, 1.165) is 96.3 Å². The van der Waals surface area contributed by atoms with Crippen LogP contribution in [-0.2, 0) is 14.3 Å². The standard InChI is InChI=1S/C60H109NO5/c1-4-7-10-13-16-19-22-25-27-29-30-32-35-38-41-44-47-50-53-60(65)66-56(51-48-45-42-39-36-33-24-21-18-15-12-9-6-3)54-59(64)61-57(55-62)58(63)52-49-46-43-40-37-34-31-28-26-23-20-17-14-11-8-5-2/h18,21-22,24-25,27,29-30,32-33,56-58,62-63H,4-17,19-20,23,26,28,31,34-55H2,1-3H3,(H,61,64)/b21-18+,25-22+,29-27+,32-30+,33-24+. The maximum Gasteiger partial charge on any atom is 0.306 e. The Morgan fingerprint density at radius 1 is 0.439 bits per heavy atom. The summed E-state index contributed by atoms with van der Waals surface area (Å²) in [5.41, 5.74) is 0. The molecule has 0 aromatic heterocycles. The van der Waals surface area contributed by atoms with Crippen LogP contribution in [0.4, 0.5) is 0 Å². The molecule has 6 heteroatoms. The number of hydrogen-bond donors (Lipinski definition) is 3. The lowest BCUT2D eigenvalue weighted by molar-refractivity contribution is -0.151. The average Bonchev–Trinajstić information content (AvgIpc) is 3.31. The molecule has 0 saturated heterocycles. The zero-order valence-corrected chi connectivity index (χ0v) is 43.8. The van der Waals surface area contributed by atoms with Crippen molar-refractivity contribution in [3.8, 4) is 0 Å². The van der Waals surface area contributed by atoms with Crippen molar-refractivity contribution in [1.29, 1.82) is 0 Å². The highest BCUT2D eigenvalue weighted by Gasteiger charge is 2.24. The van der Waals surface area contributed by atoms with E-state index in [1.807, 2.05) is 0 Å². The summed E-state index contributed by atoms with van der Waals surface area (Å²) in [6, 6.07) is -0.715. The molecule has 3 atom stereocenters. The van der Waals surface area contributed by atoms with Gasteiger partial charge in [-0.2, -0.15) is 0 Å². The SMILES string of the molecule is CCCCC/C=C/C=C/CCCCCCC(CC(=O)NC(CO)C(O)CCCCCCCCCCCCCCCCCC)OC(=O)CCCCCCC/C=C/C=C/C=C/CCCCCCC. The second kappa shape index (κ2) is 53.5. The van der Waals surface area contributed by atoms with Gasteiger partial charge in [-0.05, 0) is 77.0 Å². The second-order valence-corrected chi connectivity index (χ2v) is 19.4. The van der Waals surface area contributed by atoms with Crippen molar-refractivity contribution in [2.24, 2.45) is 0 Å². The minimum Gasteiger partial charge on any atom is -0.462 e. The van der Waals surface area contributed by atoms with Crippen LogP contribution in [0.3, 0.4) is 0 Å². The Hall–Kier alpha value is -2.44. The lowest BCUT2D eigenvalue weighted by Crippen LogP contribution is -2.46. The number of hydrogen-bond acceptors (Lipinski definition) is 5. The Morgan fingerprint density at radius 2 is 0.773 bits per heavy atom. The summed E-state index contributed by atoms with van der Waals surface area (Å²) in [7, 11) is 0. The maximum atomic E-state index is 13.3. The lowest BCUT2D eigenvalue weighted by atomic mass is 10.0. The van der Waals surface area contributed by atoms with Crippen LogP contribution in [0.5, 0.6) is 0 Å². The van der Waals surface area contributed by atoms with Gasteiger partial charge in [0.15, 0.2) is 0 Å². The van der Waals surface area contributed by atoms with Gasteiger partial charge in [-0.3, -0.25) is 9.59 Å². The van der Waals surface area contributed by atoms with Gasteiger partial charge in [0.25, 0.3) is 0 Å². The highest BCUT2D eigenvalue weighted by molar-refractivity contribution is 5.77. The van der Waals surface area contributed by atoms with E-state index in [4.69, 9.17) is 4.74 Å². The molecule has 66 heavy (non-hydrogen) atoms. The first-order valence-electron chi connectivity index (χ1n) is 28.6. The van der Waals surface area contributed by atoms with Gasteiger partial charge in [0, 0.05) is 6.42 Å². The van der Waals surface area contributed by atoms with E-state index >= 15 is 0 Å². The molecule has 0 rings (SSSR count). The van der Waals surface area contributed by atoms with E-state index in [-0.39, 0.29) is 24.9 Å². The van der Waals surface area contributed by atoms with Crippen LogP contribution in [0.25, 0.3) is 0 Å². The van der Waals surface area contributed by atoms with Gasteiger partial charge >= 0.3 is 5.97 Å². The number of unbranched alkanes of at least 4 members (excludes halogenated alkanes) is 32. The number of esters is 1. The Kier molecular flexibility index (Phi) is 51.5. The Morgan fingerprint density at radius 3 is 1.20 bits per heavy atom. The summed E-state index contributed by atoms with van der Waals surface area (Å²) < 4.78 is 5.94. The molecule has 384 valence electrons. The molecule has 0 fully saturated rings. The third-order valence-electron chi connectivity index (χ3n) is 12.9. The first kappa shape index (κ1) is 63.6. The van der Waals surface area contributed by atoms with Crippen molar-refractivity contribution in [2.45, 2.75) is 302 Å². The number of ether oxygens (including phenoxy) is 1. The molecule has 6 nitrogen and oxygen atoms in total. The van der Waals surface area contributed by atoms with Crippen molar-refractivity contribution < 1.29 is 24.5 Å². The number of nitrogens with one attached hydrogen (secondary N) is 1. The number of carbonyl (C=O) groups excluding carboxylic acids is 2. The number of aliphatic hydroxyl groups excluding tert-OH is 2. The fourth-order valence-corrected chi connectivity index (χ4v) is 8.54. The number of amides is 1. The molecule has 0 radical (unpaired) electrons. The van der Waals surface area contributed by atoms with Crippen LogP contribution < -0.4 is 5.32 Å². The van der Waals surface area contributed by atoms with Gasteiger partial charge in [0.1, 0.15) is 6.10 Å². The predicted octanol–water partition coefficient (Wildman–Crippen LogP) is 17.6. The topological polar surface area (TPSA) is 95.9 Å². The van der Waals surface area contributed by atoms with Crippen LogP contribution >= 0.6 is 0 Å². The maximum absolute atomic E-state index is 13.3. The smallest absolute Gasteiger partial charge is 0.306 e. The van der Waals surface area contributed by atoms with Crippen molar-refractivity contribution in [1.82, 2.24) is 5.32 Å². The Labute approximate surface area is 409 Å². The van der Waals surface area contributed by atoms with Gasteiger partial charge in [-0.1, -0.05) is 255 Å². The fraction of sp³-hybridized carbons (Fsp3) is 0.800. The quantitative estimate of drug-likeness (QED) is 0.0321. The number of rotatable bonds is 51. The Bertz CT molecular complexity index is 1170. The zero-order valence-electron chi connectivity index (χ0n) is 43.8. The van der Waals surface area contributed by atoms with Crippen LogP contribution in [0.1, 0.15) is 284 Å². The lowest BCUT2D eigenvalue weighted by Gasteiger charge is -2.24. The zero-order chi connectivity index (χ0) is 48.1. The minimum absolute atomic E-state index is 0.0550. The molecule has 0 heterocycles. The summed E-state index contributed by atoms with van der Waals surface area (Å²) in [5, 5.41) is 23.9. The molecular formula is C60H109NO5. The number of aliphatic hydroxyl groups is 2. The molecule has 0 spiro atoms. The minimum atomic E-state index is -0.799. The second-order valence-electron chi connectivity index (χ2n) is 19.4. The molecular weight excluding hydrogens is 815 g/mol. The summed E-state index contributed by atoms with van der Waals surface area (Å²) >= 11 is 0. The molecule has 0 aromatic carbocycles. The van der Waals surface area contributed by atoms with Crippen molar-refractivity contribution in [3.05, 3.63) is 60.8 Å². The fourth-order valence-electron chi connectivity index (χ4n) is 8.54. The van der Waals surface area contributed by atoms with Crippen LogP contribution in [0.2, 0.25) is 0 Å². The first-order valence-corrected chi connectivity index (χ1v) is 28.6. The molecule has 3 unspecified atom stereocenters. The van der Waals surface area contributed by atoms with Gasteiger partial charge in [-0.25, -0.2) is 0 Å². The molecule has 0 bridgehead atoms. The summed E-state index contributed by atoms with van der Waals surface area (Å²) in [4.78, 5) is 26.2.